The molecule has 0 spiro atoms. The van der Waals surface area contributed by atoms with Crippen molar-refractivity contribution in [3.05, 3.63) is 51.4 Å². The minimum absolute atomic E-state index is 0.278. The minimum Gasteiger partial charge on any atom is -0.462 e. The van der Waals surface area contributed by atoms with Crippen LogP contribution in [0.3, 0.4) is 0 Å². The third kappa shape index (κ3) is 4.39. The maximum Gasteiger partial charge on any atom is 0.348 e. The van der Waals surface area contributed by atoms with Crippen LogP contribution < -0.4 is 5.32 Å². The van der Waals surface area contributed by atoms with E-state index in [9.17, 15) is 9.59 Å². The number of hydrogen-bond acceptors (Lipinski definition) is 6. The Balaban J connectivity index is 2.34. The molecule has 0 atom stereocenters. The van der Waals surface area contributed by atoms with Gasteiger partial charge in [0.2, 0.25) is 0 Å². The Morgan fingerprint density at radius 3 is 2.32 bits per heavy atom. The lowest BCUT2D eigenvalue weighted by Crippen LogP contribution is -2.10. The van der Waals surface area contributed by atoms with Crippen LogP contribution in [0.4, 0.5) is 5.00 Å². The third-order valence-electron chi connectivity index (χ3n) is 3.79. The first-order chi connectivity index (χ1) is 12.0. The van der Waals surface area contributed by atoms with Crippen LogP contribution in [-0.2, 0) is 16.0 Å². The van der Waals surface area contributed by atoms with Crippen molar-refractivity contribution >= 4 is 28.3 Å². The molecule has 0 bridgehead atoms. The summed E-state index contributed by atoms with van der Waals surface area (Å²) < 4.78 is 10.2. The Kier molecular flexibility index (Phi) is 6.58. The van der Waals surface area contributed by atoms with Gasteiger partial charge in [-0.2, -0.15) is 0 Å². The topological polar surface area (TPSA) is 64.6 Å². The highest BCUT2D eigenvalue weighted by Gasteiger charge is 2.26. The van der Waals surface area contributed by atoms with E-state index < -0.39 is 11.9 Å². The summed E-state index contributed by atoms with van der Waals surface area (Å²) in [6, 6.07) is 8.02. The summed E-state index contributed by atoms with van der Waals surface area (Å²) in [7, 11) is 0. The number of hydrogen-bond donors (Lipinski definition) is 1. The molecule has 134 valence electrons. The summed E-state index contributed by atoms with van der Waals surface area (Å²) in [5.74, 6) is -0.849. The van der Waals surface area contributed by atoms with Gasteiger partial charge in [0, 0.05) is 6.54 Å². The number of nitrogens with one attached hydrogen (secondary N) is 1. The SMILES string of the molecule is CCOC(=O)c1sc(NCc2ccccc2C)c(C(=O)OCC)c1C. The molecule has 0 saturated carbocycles. The monoisotopic (exact) mass is 361 g/mol. The van der Waals surface area contributed by atoms with Crippen molar-refractivity contribution in [2.75, 3.05) is 18.5 Å². The van der Waals surface area contributed by atoms with E-state index in [0.29, 0.717) is 27.5 Å². The number of esters is 2. The number of benzene rings is 1. The summed E-state index contributed by atoms with van der Waals surface area (Å²) in [5, 5.41) is 3.90. The molecule has 1 N–H and O–H groups in total. The lowest BCUT2D eigenvalue weighted by molar-refractivity contribution is 0.0527. The first-order valence-corrected chi connectivity index (χ1v) is 9.07. The average molecular weight is 361 g/mol. The first kappa shape index (κ1) is 19.0. The largest absolute Gasteiger partial charge is 0.462 e. The first-order valence-electron chi connectivity index (χ1n) is 8.25. The van der Waals surface area contributed by atoms with Gasteiger partial charge in [0.1, 0.15) is 9.88 Å². The van der Waals surface area contributed by atoms with E-state index in [0.717, 1.165) is 11.1 Å². The van der Waals surface area contributed by atoms with Crippen molar-refractivity contribution in [3.8, 4) is 0 Å². The number of rotatable bonds is 7. The highest BCUT2D eigenvalue weighted by atomic mass is 32.1. The van der Waals surface area contributed by atoms with Gasteiger partial charge in [0.15, 0.2) is 0 Å². The summed E-state index contributed by atoms with van der Waals surface area (Å²) in [5.41, 5.74) is 3.28. The molecule has 5 nitrogen and oxygen atoms in total. The molecule has 0 aliphatic carbocycles. The molecule has 0 unspecified atom stereocenters. The number of aryl methyl sites for hydroxylation is 1. The fraction of sp³-hybridized carbons (Fsp3) is 0.368. The number of ether oxygens (including phenoxy) is 2. The molecule has 25 heavy (non-hydrogen) atoms. The normalized spacial score (nSPS) is 10.4. The fourth-order valence-electron chi connectivity index (χ4n) is 2.46. The molecular weight excluding hydrogens is 338 g/mol. The number of thiophene rings is 1. The van der Waals surface area contributed by atoms with Crippen LogP contribution in [-0.4, -0.2) is 25.2 Å². The minimum atomic E-state index is -0.431. The second-order valence-electron chi connectivity index (χ2n) is 5.48. The van der Waals surface area contributed by atoms with Gasteiger partial charge in [0.05, 0.1) is 18.8 Å². The molecule has 0 fully saturated rings. The average Bonchev–Trinajstić information content (AvgIpc) is 2.91. The van der Waals surface area contributed by atoms with Crippen LogP contribution in [0.5, 0.6) is 0 Å². The third-order valence-corrected chi connectivity index (χ3v) is 5.02. The van der Waals surface area contributed by atoms with Crippen molar-refractivity contribution < 1.29 is 19.1 Å². The number of carbonyl (C=O) groups excluding carboxylic acids is 2. The molecule has 1 aromatic heterocycles. The summed E-state index contributed by atoms with van der Waals surface area (Å²) in [4.78, 5) is 24.9. The Labute approximate surface area is 152 Å². The highest BCUT2D eigenvalue weighted by molar-refractivity contribution is 7.18. The highest BCUT2D eigenvalue weighted by Crippen LogP contribution is 2.34. The van der Waals surface area contributed by atoms with Crippen molar-refractivity contribution in [1.29, 1.82) is 0 Å². The molecule has 0 aliphatic heterocycles. The van der Waals surface area contributed by atoms with Crippen LogP contribution in [0.15, 0.2) is 24.3 Å². The molecule has 6 heteroatoms. The van der Waals surface area contributed by atoms with Gasteiger partial charge < -0.3 is 14.8 Å². The van der Waals surface area contributed by atoms with Crippen LogP contribution in [0, 0.1) is 13.8 Å². The van der Waals surface area contributed by atoms with E-state index >= 15 is 0 Å². The molecule has 2 aromatic rings. The maximum atomic E-state index is 12.4. The summed E-state index contributed by atoms with van der Waals surface area (Å²) >= 11 is 1.23. The zero-order valence-electron chi connectivity index (χ0n) is 15.0. The maximum absolute atomic E-state index is 12.4. The molecule has 0 aliphatic rings. The standard InChI is InChI=1S/C19H23NO4S/c1-5-23-18(21)15-13(4)16(19(22)24-6-2)25-17(15)20-11-14-10-8-7-9-12(14)3/h7-10,20H,5-6,11H2,1-4H3. The summed E-state index contributed by atoms with van der Waals surface area (Å²) in [6.07, 6.45) is 0. The van der Waals surface area contributed by atoms with Gasteiger partial charge >= 0.3 is 11.9 Å². The Bertz CT molecular complexity index is 767. The molecule has 0 radical (unpaired) electrons. The number of carbonyl (C=O) groups is 2. The van der Waals surface area contributed by atoms with Crippen LogP contribution >= 0.6 is 11.3 Å². The zero-order chi connectivity index (χ0) is 18.4. The second-order valence-corrected chi connectivity index (χ2v) is 6.50. The quantitative estimate of drug-likeness (QED) is 0.744. The fourth-order valence-corrected chi connectivity index (χ4v) is 3.55. The Hall–Kier alpha value is -2.34. The predicted octanol–water partition coefficient (Wildman–Crippen LogP) is 4.33. The summed E-state index contributed by atoms with van der Waals surface area (Å²) in [6.45, 7) is 8.41. The molecular formula is C19H23NO4S. The van der Waals surface area contributed by atoms with Gasteiger partial charge in [-0.25, -0.2) is 9.59 Å². The van der Waals surface area contributed by atoms with Crippen molar-refractivity contribution in [3.63, 3.8) is 0 Å². The molecule has 2 rings (SSSR count). The van der Waals surface area contributed by atoms with E-state index in [1.807, 2.05) is 31.2 Å². The molecule has 1 aromatic carbocycles. The molecule has 0 amide bonds. The molecule has 0 saturated heterocycles. The van der Waals surface area contributed by atoms with Crippen LogP contribution in [0.25, 0.3) is 0 Å². The number of anilines is 1. The zero-order valence-corrected chi connectivity index (χ0v) is 15.8. The van der Waals surface area contributed by atoms with E-state index in [1.54, 1.807) is 20.8 Å². The predicted molar refractivity (Wildman–Crippen MR) is 99.5 cm³/mol. The lowest BCUT2D eigenvalue weighted by atomic mass is 10.1. The Morgan fingerprint density at radius 1 is 1.04 bits per heavy atom. The van der Waals surface area contributed by atoms with Crippen molar-refractivity contribution in [2.45, 2.75) is 34.2 Å². The smallest absolute Gasteiger partial charge is 0.348 e. The lowest BCUT2D eigenvalue weighted by Gasteiger charge is -2.09. The van der Waals surface area contributed by atoms with Crippen molar-refractivity contribution in [2.24, 2.45) is 0 Å². The van der Waals surface area contributed by atoms with E-state index in [4.69, 9.17) is 9.47 Å². The van der Waals surface area contributed by atoms with Gasteiger partial charge in [-0.15, -0.1) is 11.3 Å². The van der Waals surface area contributed by atoms with Gasteiger partial charge in [-0.05, 0) is 44.4 Å². The van der Waals surface area contributed by atoms with E-state index in [1.165, 1.54) is 11.3 Å². The van der Waals surface area contributed by atoms with E-state index in [-0.39, 0.29) is 13.2 Å². The van der Waals surface area contributed by atoms with Crippen LogP contribution in [0.1, 0.15) is 50.6 Å². The molecule has 1 heterocycles. The van der Waals surface area contributed by atoms with E-state index in [2.05, 4.69) is 5.32 Å². The van der Waals surface area contributed by atoms with Gasteiger partial charge in [-0.1, -0.05) is 24.3 Å². The second kappa shape index (κ2) is 8.67. The van der Waals surface area contributed by atoms with Gasteiger partial charge in [0.25, 0.3) is 0 Å². The van der Waals surface area contributed by atoms with Crippen molar-refractivity contribution in [1.82, 2.24) is 0 Å². The van der Waals surface area contributed by atoms with Gasteiger partial charge in [-0.3, -0.25) is 0 Å². The van der Waals surface area contributed by atoms with Crippen LogP contribution in [0.2, 0.25) is 0 Å². The Morgan fingerprint density at radius 2 is 1.68 bits per heavy atom.